The Hall–Kier alpha value is -3.88. The molecule has 0 aliphatic carbocycles. The molecule has 3 N–H and O–H groups in total. The Labute approximate surface area is 191 Å². The van der Waals surface area contributed by atoms with E-state index in [1.54, 1.807) is 12.3 Å². The lowest BCUT2D eigenvalue weighted by Gasteiger charge is -2.38. The Bertz CT molecular complexity index is 1150. The van der Waals surface area contributed by atoms with E-state index in [0.717, 1.165) is 56.0 Å². The van der Waals surface area contributed by atoms with E-state index in [1.165, 1.54) is 6.39 Å². The van der Waals surface area contributed by atoms with Crippen molar-refractivity contribution in [1.29, 1.82) is 0 Å². The molecule has 3 aromatic rings. The fourth-order valence-corrected chi connectivity index (χ4v) is 4.60. The summed E-state index contributed by atoms with van der Waals surface area (Å²) in [7, 11) is 0. The van der Waals surface area contributed by atoms with Gasteiger partial charge in [-0.2, -0.15) is 0 Å². The van der Waals surface area contributed by atoms with Gasteiger partial charge in [0, 0.05) is 43.3 Å². The molecule has 4 heterocycles. The van der Waals surface area contributed by atoms with Gasteiger partial charge in [-0.05, 0) is 55.7 Å². The molecule has 0 radical (unpaired) electrons. The van der Waals surface area contributed by atoms with Crippen molar-refractivity contribution in [2.24, 2.45) is 5.73 Å². The highest BCUT2D eigenvalue weighted by atomic mass is 16.3. The van der Waals surface area contributed by atoms with E-state index < -0.39 is 5.91 Å². The highest BCUT2D eigenvalue weighted by Crippen LogP contribution is 2.28. The zero-order valence-electron chi connectivity index (χ0n) is 18.2. The second-order valence-corrected chi connectivity index (χ2v) is 8.43. The molecule has 2 aromatic heterocycles. The molecule has 0 spiro atoms. The van der Waals surface area contributed by atoms with Crippen molar-refractivity contribution in [3.63, 3.8) is 0 Å². The van der Waals surface area contributed by atoms with Crippen LogP contribution in [0.3, 0.4) is 0 Å². The monoisotopic (exact) mass is 446 g/mol. The third-order valence-corrected chi connectivity index (χ3v) is 6.28. The molecule has 2 fully saturated rings. The first-order valence-corrected chi connectivity index (χ1v) is 11.2. The van der Waals surface area contributed by atoms with Crippen LogP contribution in [0.15, 0.2) is 53.4 Å². The minimum atomic E-state index is -0.547. The summed E-state index contributed by atoms with van der Waals surface area (Å²) < 4.78 is 5.33. The predicted octanol–water partition coefficient (Wildman–Crippen LogP) is 3.17. The fraction of sp³-hybridized carbons (Fsp3) is 0.333. The maximum absolute atomic E-state index is 12.2. The Kier molecular flexibility index (Phi) is 5.68. The number of nitrogens with two attached hydrogens (primary N) is 1. The standard InChI is InChI=1S/C24H26N6O3/c25-23(32)19-9-10-21(29-11-1-3-18(14-29)30-12-2-4-22(30)31)28-24(19)27-17-7-5-16(6-8-17)20-13-26-15-33-20/h5-10,13,15,18H,1-4,11-12,14H2,(H2,25,32)(H,27,28)/t18-/m1/s1. The van der Waals surface area contributed by atoms with Gasteiger partial charge in [-0.15, -0.1) is 0 Å². The first-order valence-electron chi connectivity index (χ1n) is 11.2. The van der Waals surface area contributed by atoms with E-state index in [4.69, 9.17) is 15.1 Å². The molecule has 170 valence electrons. The van der Waals surface area contributed by atoms with Gasteiger partial charge in [-0.1, -0.05) is 0 Å². The van der Waals surface area contributed by atoms with Crippen molar-refractivity contribution >= 4 is 29.1 Å². The van der Waals surface area contributed by atoms with Crippen molar-refractivity contribution in [3.05, 3.63) is 54.6 Å². The third-order valence-electron chi connectivity index (χ3n) is 6.28. The number of nitrogens with one attached hydrogen (secondary N) is 1. The molecule has 0 unspecified atom stereocenters. The van der Waals surface area contributed by atoms with Crippen LogP contribution in [0.5, 0.6) is 0 Å². The summed E-state index contributed by atoms with van der Waals surface area (Å²) in [4.78, 5) is 37.1. The van der Waals surface area contributed by atoms with Gasteiger partial charge in [0.05, 0.1) is 11.8 Å². The molecular formula is C24H26N6O3. The summed E-state index contributed by atoms with van der Waals surface area (Å²) in [6.07, 6.45) is 6.61. The van der Waals surface area contributed by atoms with Crippen LogP contribution in [0.1, 0.15) is 36.0 Å². The van der Waals surface area contributed by atoms with Gasteiger partial charge in [0.25, 0.3) is 5.91 Å². The van der Waals surface area contributed by atoms with Gasteiger partial charge in [0.15, 0.2) is 12.2 Å². The summed E-state index contributed by atoms with van der Waals surface area (Å²) in [5, 5.41) is 3.23. The SMILES string of the molecule is NC(=O)c1ccc(N2CCC[C@@H](N3CCCC3=O)C2)nc1Nc1ccc(-c2cnco2)cc1. The molecule has 5 rings (SSSR count). The number of piperidine rings is 1. The van der Waals surface area contributed by atoms with Gasteiger partial charge in [-0.3, -0.25) is 9.59 Å². The lowest BCUT2D eigenvalue weighted by molar-refractivity contribution is -0.129. The minimum absolute atomic E-state index is 0.200. The van der Waals surface area contributed by atoms with Gasteiger partial charge < -0.3 is 25.3 Å². The van der Waals surface area contributed by atoms with E-state index >= 15 is 0 Å². The molecular weight excluding hydrogens is 420 g/mol. The Balaban J connectivity index is 1.37. The minimum Gasteiger partial charge on any atom is -0.444 e. The number of anilines is 3. The number of pyridine rings is 1. The zero-order chi connectivity index (χ0) is 22.8. The average Bonchev–Trinajstić information content (AvgIpc) is 3.52. The number of carbonyl (C=O) groups excluding carboxylic acids is 2. The quantitative estimate of drug-likeness (QED) is 0.597. The smallest absolute Gasteiger partial charge is 0.252 e. The van der Waals surface area contributed by atoms with Crippen LogP contribution in [-0.4, -0.2) is 52.4 Å². The Morgan fingerprint density at radius 1 is 1.12 bits per heavy atom. The number of rotatable bonds is 6. The number of amides is 2. The molecule has 0 bridgehead atoms. The molecule has 1 aromatic carbocycles. The van der Waals surface area contributed by atoms with Crippen LogP contribution >= 0.6 is 0 Å². The molecule has 2 saturated heterocycles. The fourth-order valence-electron chi connectivity index (χ4n) is 4.60. The number of nitrogens with zero attached hydrogens (tertiary/aromatic N) is 4. The van der Waals surface area contributed by atoms with Crippen LogP contribution in [0.2, 0.25) is 0 Å². The number of hydrogen-bond donors (Lipinski definition) is 2. The van der Waals surface area contributed by atoms with E-state index in [2.05, 4.69) is 15.2 Å². The van der Waals surface area contributed by atoms with Crippen LogP contribution in [0.4, 0.5) is 17.3 Å². The summed E-state index contributed by atoms with van der Waals surface area (Å²) in [6.45, 7) is 2.43. The van der Waals surface area contributed by atoms with Crippen LogP contribution in [0, 0.1) is 0 Å². The number of primary amides is 1. The van der Waals surface area contributed by atoms with Gasteiger partial charge in [-0.25, -0.2) is 9.97 Å². The molecule has 1 atom stereocenters. The predicted molar refractivity (Wildman–Crippen MR) is 124 cm³/mol. The van der Waals surface area contributed by atoms with Crippen molar-refractivity contribution in [1.82, 2.24) is 14.9 Å². The normalized spacial score (nSPS) is 18.5. The maximum atomic E-state index is 12.2. The van der Waals surface area contributed by atoms with E-state index in [1.807, 2.05) is 35.2 Å². The maximum Gasteiger partial charge on any atom is 0.252 e. The number of aromatic nitrogens is 2. The van der Waals surface area contributed by atoms with E-state index in [9.17, 15) is 9.59 Å². The molecule has 2 aliphatic rings. The van der Waals surface area contributed by atoms with Crippen LogP contribution < -0.4 is 16.0 Å². The van der Waals surface area contributed by atoms with E-state index in [-0.39, 0.29) is 11.9 Å². The summed E-state index contributed by atoms with van der Waals surface area (Å²) in [5.41, 5.74) is 7.59. The second kappa shape index (κ2) is 8.93. The molecule has 0 saturated carbocycles. The Morgan fingerprint density at radius 2 is 1.97 bits per heavy atom. The number of benzene rings is 1. The van der Waals surface area contributed by atoms with E-state index in [0.29, 0.717) is 23.6 Å². The topological polar surface area (TPSA) is 118 Å². The van der Waals surface area contributed by atoms with Crippen molar-refractivity contribution in [3.8, 4) is 11.3 Å². The van der Waals surface area contributed by atoms with Gasteiger partial charge in [0.2, 0.25) is 5.91 Å². The van der Waals surface area contributed by atoms with Crippen molar-refractivity contribution < 1.29 is 14.0 Å². The van der Waals surface area contributed by atoms with Crippen molar-refractivity contribution in [2.75, 3.05) is 29.9 Å². The lowest BCUT2D eigenvalue weighted by Crippen LogP contribution is -2.48. The number of hydrogen-bond acceptors (Lipinski definition) is 7. The number of oxazole rings is 1. The van der Waals surface area contributed by atoms with Gasteiger partial charge >= 0.3 is 0 Å². The molecule has 2 amide bonds. The molecule has 9 nitrogen and oxygen atoms in total. The zero-order valence-corrected chi connectivity index (χ0v) is 18.2. The summed E-state index contributed by atoms with van der Waals surface area (Å²) in [6, 6.07) is 11.3. The number of carbonyl (C=O) groups is 2. The van der Waals surface area contributed by atoms with Crippen LogP contribution in [0.25, 0.3) is 11.3 Å². The van der Waals surface area contributed by atoms with Crippen molar-refractivity contribution in [2.45, 2.75) is 31.7 Å². The second-order valence-electron chi connectivity index (χ2n) is 8.43. The Morgan fingerprint density at radius 3 is 2.67 bits per heavy atom. The third kappa shape index (κ3) is 4.39. The molecule has 9 heteroatoms. The first-order chi connectivity index (χ1) is 16.1. The lowest BCUT2D eigenvalue weighted by atomic mass is 10.0. The largest absolute Gasteiger partial charge is 0.444 e. The molecule has 2 aliphatic heterocycles. The van der Waals surface area contributed by atoms with Crippen LogP contribution in [-0.2, 0) is 4.79 Å². The number of likely N-dealkylation sites (tertiary alicyclic amines) is 1. The molecule has 33 heavy (non-hydrogen) atoms. The average molecular weight is 447 g/mol. The first kappa shape index (κ1) is 21.0. The highest BCUT2D eigenvalue weighted by Gasteiger charge is 2.32. The highest BCUT2D eigenvalue weighted by molar-refractivity contribution is 5.98. The van der Waals surface area contributed by atoms with Gasteiger partial charge in [0.1, 0.15) is 11.6 Å². The summed E-state index contributed by atoms with van der Waals surface area (Å²) in [5.74, 6) is 1.54. The summed E-state index contributed by atoms with van der Waals surface area (Å²) >= 11 is 0.